The summed E-state index contributed by atoms with van der Waals surface area (Å²) in [5.74, 6) is 0.427. The molecule has 21 heavy (non-hydrogen) atoms. The van der Waals surface area contributed by atoms with Crippen LogP contribution in [0, 0.1) is 0 Å². The van der Waals surface area contributed by atoms with Gasteiger partial charge < -0.3 is 10.8 Å². The van der Waals surface area contributed by atoms with Crippen molar-refractivity contribution in [1.29, 1.82) is 0 Å². The molecule has 0 aliphatic heterocycles. The number of aromatic nitrogens is 4. The first kappa shape index (κ1) is 15.7. The molecule has 6 heteroatoms. The second-order valence-corrected chi connectivity index (χ2v) is 5.56. The Hall–Kier alpha value is -1.69. The molecular weight excluding hydrogens is 266 g/mol. The Morgan fingerprint density at radius 3 is 2.71 bits per heavy atom. The lowest BCUT2D eigenvalue weighted by atomic mass is 10.1. The molecule has 2 rings (SSSR count). The van der Waals surface area contributed by atoms with Crippen molar-refractivity contribution in [3.8, 4) is 0 Å². The summed E-state index contributed by atoms with van der Waals surface area (Å²) in [5, 5.41) is 15.1. The van der Waals surface area contributed by atoms with E-state index in [1.807, 2.05) is 0 Å². The van der Waals surface area contributed by atoms with Crippen molar-refractivity contribution in [3.05, 3.63) is 12.5 Å². The summed E-state index contributed by atoms with van der Waals surface area (Å²) in [6.07, 6.45) is 11.0. The minimum absolute atomic E-state index is 0.375. The number of hydrogen-bond acceptors (Lipinski definition) is 5. The van der Waals surface area contributed by atoms with E-state index in [0.29, 0.717) is 18.0 Å². The molecule has 6 nitrogen and oxygen atoms in total. The summed E-state index contributed by atoms with van der Waals surface area (Å²) >= 11 is 0. The third-order valence-corrected chi connectivity index (χ3v) is 3.68. The average molecular weight is 291 g/mol. The summed E-state index contributed by atoms with van der Waals surface area (Å²) in [6, 6.07) is 0. The molecule has 3 N–H and O–H groups in total. The van der Waals surface area contributed by atoms with Crippen LogP contribution in [-0.4, -0.2) is 31.0 Å². The molecule has 0 bridgehead atoms. The summed E-state index contributed by atoms with van der Waals surface area (Å²) < 4.78 is 1.71. The van der Waals surface area contributed by atoms with Crippen LogP contribution in [0.1, 0.15) is 51.9 Å². The lowest BCUT2D eigenvalue weighted by molar-refractivity contribution is 0.136. The van der Waals surface area contributed by atoms with Gasteiger partial charge in [0.1, 0.15) is 12.1 Å². The van der Waals surface area contributed by atoms with Gasteiger partial charge in [-0.25, -0.2) is 9.97 Å². The predicted molar refractivity (Wildman–Crippen MR) is 83.7 cm³/mol. The van der Waals surface area contributed by atoms with Gasteiger partial charge >= 0.3 is 0 Å². The van der Waals surface area contributed by atoms with Crippen LogP contribution in [0.15, 0.2) is 12.5 Å². The predicted octanol–water partition coefficient (Wildman–Crippen LogP) is 2.52. The maximum absolute atomic E-state index is 10.1. The lowest BCUT2D eigenvalue weighted by Gasteiger charge is -2.10. The molecule has 2 aromatic rings. The van der Waals surface area contributed by atoms with E-state index in [0.717, 1.165) is 18.2 Å². The third-order valence-electron chi connectivity index (χ3n) is 3.68. The first-order valence-corrected chi connectivity index (χ1v) is 7.82. The van der Waals surface area contributed by atoms with Crippen molar-refractivity contribution in [2.24, 2.45) is 0 Å². The zero-order valence-corrected chi connectivity index (χ0v) is 12.7. The van der Waals surface area contributed by atoms with Gasteiger partial charge in [-0.15, -0.1) is 0 Å². The topological polar surface area (TPSA) is 89.8 Å². The number of nitrogens with zero attached hydrogens (tertiary/aromatic N) is 4. The van der Waals surface area contributed by atoms with Crippen LogP contribution < -0.4 is 5.73 Å². The number of nitrogens with two attached hydrogens (primary N) is 1. The molecule has 0 fully saturated rings. The zero-order valence-electron chi connectivity index (χ0n) is 12.7. The summed E-state index contributed by atoms with van der Waals surface area (Å²) in [6.45, 7) is 2.69. The highest BCUT2D eigenvalue weighted by molar-refractivity contribution is 5.84. The first-order chi connectivity index (χ1) is 10.2. The fraction of sp³-hybridized carbons (Fsp3) is 0.667. The fourth-order valence-corrected chi connectivity index (χ4v) is 2.46. The number of aliphatic hydroxyl groups excluding tert-OH is 1. The summed E-state index contributed by atoms with van der Waals surface area (Å²) in [4.78, 5) is 8.00. The third kappa shape index (κ3) is 4.67. The molecule has 0 amide bonds. The quantitative estimate of drug-likeness (QED) is 0.693. The van der Waals surface area contributed by atoms with Gasteiger partial charge in [-0.2, -0.15) is 5.10 Å². The Kier molecular flexibility index (Phi) is 5.92. The lowest BCUT2D eigenvalue weighted by Crippen LogP contribution is -2.16. The van der Waals surface area contributed by atoms with E-state index in [1.165, 1.54) is 38.4 Å². The molecule has 1 atom stereocenters. The Labute approximate surface area is 125 Å². The van der Waals surface area contributed by atoms with Crippen LogP contribution in [0.5, 0.6) is 0 Å². The maximum Gasteiger partial charge on any atom is 0.186 e. The molecule has 0 spiro atoms. The van der Waals surface area contributed by atoms with Crippen molar-refractivity contribution in [1.82, 2.24) is 19.7 Å². The summed E-state index contributed by atoms with van der Waals surface area (Å²) in [5.41, 5.74) is 6.35. The van der Waals surface area contributed by atoms with E-state index >= 15 is 0 Å². The number of fused-ring (bicyclic) bond motifs is 1. The van der Waals surface area contributed by atoms with Gasteiger partial charge in [-0.1, -0.05) is 45.4 Å². The molecule has 0 aliphatic rings. The molecule has 2 aromatic heterocycles. The molecule has 0 saturated heterocycles. The van der Waals surface area contributed by atoms with Crippen LogP contribution in [0.4, 0.5) is 5.82 Å². The molecule has 2 heterocycles. The molecule has 0 unspecified atom stereocenters. The van der Waals surface area contributed by atoms with Crippen LogP contribution in [0.25, 0.3) is 11.0 Å². The molecule has 0 aromatic carbocycles. The molecule has 0 aliphatic carbocycles. The van der Waals surface area contributed by atoms with Crippen molar-refractivity contribution < 1.29 is 5.11 Å². The average Bonchev–Trinajstić information content (AvgIpc) is 2.86. The number of hydrogen-bond donors (Lipinski definition) is 2. The summed E-state index contributed by atoms with van der Waals surface area (Å²) in [7, 11) is 0. The Balaban J connectivity index is 1.76. The highest BCUT2D eigenvalue weighted by Crippen LogP contribution is 2.15. The number of rotatable bonds is 9. The van der Waals surface area contributed by atoms with Crippen molar-refractivity contribution in [2.45, 2.75) is 64.5 Å². The van der Waals surface area contributed by atoms with E-state index in [9.17, 15) is 5.11 Å². The second kappa shape index (κ2) is 7.93. The Morgan fingerprint density at radius 1 is 1.19 bits per heavy atom. The monoisotopic (exact) mass is 291 g/mol. The van der Waals surface area contributed by atoms with Gasteiger partial charge in [0.05, 0.1) is 18.0 Å². The number of unbranched alkanes of at least 4 members (excludes halogenated alkanes) is 5. The smallest absolute Gasteiger partial charge is 0.186 e. The Bertz CT molecular complexity index is 554. The van der Waals surface area contributed by atoms with E-state index < -0.39 is 0 Å². The van der Waals surface area contributed by atoms with Crippen molar-refractivity contribution in [2.75, 3.05) is 5.73 Å². The fourth-order valence-electron chi connectivity index (χ4n) is 2.46. The van der Waals surface area contributed by atoms with Crippen molar-refractivity contribution >= 4 is 16.9 Å². The minimum atomic E-state index is -0.375. The first-order valence-electron chi connectivity index (χ1n) is 7.82. The maximum atomic E-state index is 10.1. The second-order valence-electron chi connectivity index (χ2n) is 5.56. The minimum Gasteiger partial charge on any atom is -0.391 e. The van der Waals surface area contributed by atoms with Crippen LogP contribution in [-0.2, 0) is 6.54 Å². The highest BCUT2D eigenvalue weighted by Gasteiger charge is 2.09. The Morgan fingerprint density at radius 2 is 1.95 bits per heavy atom. The van der Waals surface area contributed by atoms with E-state index in [1.54, 1.807) is 10.9 Å². The van der Waals surface area contributed by atoms with Crippen LogP contribution in [0.2, 0.25) is 0 Å². The van der Waals surface area contributed by atoms with Gasteiger partial charge in [0.25, 0.3) is 0 Å². The normalized spacial score (nSPS) is 12.9. The number of aliphatic hydroxyl groups is 1. The SMILES string of the molecule is CCCCCCCC[C@H](O)Cn1cc2c(N)ncnc2n1. The van der Waals surface area contributed by atoms with Gasteiger partial charge in [0, 0.05) is 6.20 Å². The van der Waals surface area contributed by atoms with Gasteiger partial charge in [0.2, 0.25) is 0 Å². The highest BCUT2D eigenvalue weighted by atomic mass is 16.3. The molecule has 0 radical (unpaired) electrons. The van der Waals surface area contributed by atoms with Crippen molar-refractivity contribution in [3.63, 3.8) is 0 Å². The standard InChI is InChI=1S/C15H25N5O/c1-2-3-4-5-6-7-8-12(21)9-20-10-13-14(16)17-11-18-15(13)19-20/h10-12,21H,2-9H2,1H3,(H2,16,17,18,19)/t12-/m0/s1. The molecule has 0 saturated carbocycles. The number of nitrogen functional groups attached to an aromatic ring is 1. The number of anilines is 1. The van der Waals surface area contributed by atoms with E-state index in [-0.39, 0.29) is 6.10 Å². The van der Waals surface area contributed by atoms with Gasteiger partial charge in [-0.05, 0) is 6.42 Å². The largest absolute Gasteiger partial charge is 0.391 e. The molecule has 116 valence electrons. The van der Waals surface area contributed by atoms with E-state index in [2.05, 4.69) is 22.0 Å². The van der Waals surface area contributed by atoms with Gasteiger partial charge in [0.15, 0.2) is 5.65 Å². The zero-order chi connectivity index (χ0) is 15.1. The van der Waals surface area contributed by atoms with Gasteiger partial charge in [-0.3, -0.25) is 4.68 Å². The van der Waals surface area contributed by atoms with E-state index in [4.69, 9.17) is 5.73 Å². The van der Waals surface area contributed by atoms with Crippen LogP contribution in [0.3, 0.4) is 0 Å². The van der Waals surface area contributed by atoms with Crippen LogP contribution >= 0.6 is 0 Å². The molecular formula is C15H25N5O.